The van der Waals surface area contributed by atoms with Crippen LogP contribution in [0, 0.1) is 0 Å². The van der Waals surface area contributed by atoms with E-state index in [2.05, 4.69) is 0 Å². The van der Waals surface area contributed by atoms with Crippen molar-refractivity contribution in [1.82, 2.24) is 4.57 Å². The minimum Gasteiger partial charge on any atom is -0.408 e. The number of aromatic nitrogens is 1. The third-order valence-electron chi connectivity index (χ3n) is 2.13. The smallest absolute Gasteiger partial charge is 0.408 e. The predicted octanol–water partition coefficient (Wildman–Crippen LogP) is 3.59. The molecule has 1 aromatic carbocycles. The van der Waals surface area contributed by atoms with E-state index in [0.29, 0.717) is 16.5 Å². The van der Waals surface area contributed by atoms with Gasteiger partial charge in [-0.05, 0) is 25.5 Å². The molecule has 0 saturated carbocycles. The molecule has 0 atom stereocenters. The van der Waals surface area contributed by atoms with Crippen LogP contribution in [0.5, 0.6) is 0 Å². The van der Waals surface area contributed by atoms with Crippen molar-refractivity contribution < 1.29 is 4.42 Å². The number of halogens is 1. The van der Waals surface area contributed by atoms with Crippen molar-refractivity contribution in [2.45, 2.75) is 5.88 Å². The second-order valence-electron chi connectivity index (χ2n) is 3.92. The number of oxazole rings is 1. The number of benzene rings is 1. The van der Waals surface area contributed by atoms with Gasteiger partial charge in [-0.15, -0.1) is 11.4 Å². The summed E-state index contributed by atoms with van der Waals surface area (Å²) in [4.78, 5) is 11.7. The summed E-state index contributed by atoms with van der Waals surface area (Å²) >= 11 is 12.8. The van der Waals surface area contributed by atoms with Gasteiger partial charge < -0.3 is 4.42 Å². The van der Waals surface area contributed by atoms with Crippen LogP contribution >= 0.6 is 28.2 Å². The quantitative estimate of drug-likeness (QED) is 0.812. The van der Waals surface area contributed by atoms with Crippen molar-refractivity contribution in [3.05, 3.63) is 33.8 Å². The Hall–Kier alpha value is -0.220. The van der Waals surface area contributed by atoms with E-state index in [-0.39, 0.29) is 5.76 Å². The predicted molar refractivity (Wildman–Crippen MR) is 79.2 cm³/mol. The highest BCUT2D eigenvalue weighted by Gasteiger charge is 2.11. The summed E-state index contributed by atoms with van der Waals surface area (Å²) in [6, 6.07) is 5.18. The number of rotatable bonds is 3. The van der Waals surface area contributed by atoms with Crippen LogP contribution in [0.25, 0.3) is 11.1 Å². The monoisotopic (exact) mass is 307 g/mol. The van der Waals surface area contributed by atoms with E-state index in [1.165, 1.54) is 0 Å². The van der Waals surface area contributed by atoms with Crippen molar-refractivity contribution in [3.8, 4) is 0 Å². The molecule has 0 radical (unpaired) electrons. The number of hydrogen-bond acceptors (Lipinski definition) is 4. The van der Waals surface area contributed by atoms with Crippen molar-refractivity contribution in [2.75, 3.05) is 13.3 Å². The lowest BCUT2D eigenvalue weighted by molar-refractivity contribution is 0.526. The Kier molecular flexibility index (Phi) is 3.74. The second-order valence-corrected chi connectivity index (χ2v) is 14.3. The first-order chi connectivity index (χ1) is 7.87. The Labute approximate surface area is 113 Å². The van der Waals surface area contributed by atoms with Crippen LogP contribution in [0.3, 0.4) is 0 Å². The van der Waals surface area contributed by atoms with Gasteiger partial charge in [-0.2, -0.15) is 0 Å². The van der Waals surface area contributed by atoms with E-state index in [1.54, 1.807) is 34.1 Å². The third kappa shape index (κ3) is 3.16. The van der Waals surface area contributed by atoms with E-state index >= 15 is 0 Å². The summed E-state index contributed by atoms with van der Waals surface area (Å²) in [6.45, 7) is 4.08. The first kappa shape index (κ1) is 13.2. The molecule has 0 spiro atoms. The van der Waals surface area contributed by atoms with Crippen LogP contribution in [0.2, 0.25) is 5.02 Å². The minimum atomic E-state index is -1.39. The van der Waals surface area contributed by atoms with Gasteiger partial charge >= 0.3 is 5.76 Å². The molecule has 0 N–H and O–H groups in total. The molecule has 2 rings (SSSR count). The maximum absolute atomic E-state index is 11.7. The Morgan fingerprint density at radius 3 is 2.88 bits per heavy atom. The minimum absolute atomic E-state index is 0.363. The highest BCUT2D eigenvalue weighted by molar-refractivity contribution is 8.70. The Balaban J connectivity index is 2.44. The van der Waals surface area contributed by atoms with E-state index < -0.39 is 5.24 Å². The molecule has 1 aromatic heterocycles. The van der Waals surface area contributed by atoms with Gasteiger partial charge in [0, 0.05) is 16.3 Å². The van der Waals surface area contributed by atoms with Gasteiger partial charge in [0.1, 0.15) is 0 Å². The summed E-state index contributed by atoms with van der Waals surface area (Å²) in [7, 11) is 0. The van der Waals surface area contributed by atoms with Crippen LogP contribution in [0.1, 0.15) is 0 Å². The van der Waals surface area contributed by atoms with E-state index in [0.717, 1.165) is 5.52 Å². The Morgan fingerprint density at radius 1 is 1.53 bits per heavy atom. The fraction of sp³-hybridized carbons (Fsp3) is 0.300. The molecule has 0 aliphatic carbocycles. The summed E-state index contributed by atoms with van der Waals surface area (Å²) in [5.41, 5.74) is 1.28. The molecular weight excluding hydrogens is 297 g/mol. The van der Waals surface area contributed by atoms with Crippen LogP contribution in [0.4, 0.5) is 0 Å². The largest absolute Gasteiger partial charge is 0.420 e. The lowest BCUT2D eigenvalue weighted by Crippen LogP contribution is -2.12. The first-order valence-electron chi connectivity index (χ1n) is 4.85. The van der Waals surface area contributed by atoms with Gasteiger partial charge in [0.05, 0.1) is 11.4 Å². The molecule has 17 heavy (non-hydrogen) atoms. The van der Waals surface area contributed by atoms with Gasteiger partial charge in [0.25, 0.3) is 0 Å². The second kappa shape index (κ2) is 4.81. The molecule has 0 unspecified atom stereocenters. The molecule has 0 fully saturated rings. The molecule has 0 amide bonds. The fourth-order valence-electron chi connectivity index (χ4n) is 1.36. The molecule has 92 valence electrons. The molecule has 3 nitrogen and oxygen atoms in total. The average Bonchev–Trinajstić information content (AvgIpc) is 2.48. The number of fused-ring (bicyclic) bond motifs is 1. The van der Waals surface area contributed by atoms with Crippen molar-refractivity contribution in [3.63, 3.8) is 0 Å². The van der Waals surface area contributed by atoms with Gasteiger partial charge in [0.15, 0.2) is 5.58 Å². The molecule has 0 saturated heterocycles. The van der Waals surface area contributed by atoms with Gasteiger partial charge in [-0.3, -0.25) is 4.57 Å². The topological polar surface area (TPSA) is 35.1 Å². The van der Waals surface area contributed by atoms with Gasteiger partial charge in [-0.25, -0.2) is 4.79 Å². The van der Waals surface area contributed by atoms with Gasteiger partial charge in [-0.1, -0.05) is 23.4 Å². The molecule has 7 heteroatoms. The van der Waals surface area contributed by atoms with Crippen LogP contribution < -0.4 is 5.76 Å². The summed E-state index contributed by atoms with van der Waals surface area (Å²) in [6.07, 6.45) is 0. The van der Waals surface area contributed by atoms with E-state index in [9.17, 15) is 4.79 Å². The van der Waals surface area contributed by atoms with E-state index in [4.69, 9.17) is 27.8 Å². The summed E-state index contributed by atoms with van der Waals surface area (Å²) in [5.74, 6) is 0.163. The lowest BCUT2D eigenvalue weighted by Gasteiger charge is -2.09. The molecular formula is C10H11ClNO2PS2. The lowest BCUT2D eigenvalue weighted by atomic mass is 10.3. The molecule has 0 aliphatic heterocycles. The Morgan fingerprint density at radius 2 is 2.24 bits per heavy atom. The fourth-order valence-corrected chi connectivity index (χ4v) is 3.76. The summed E-state index contributed by atoms with van der Waals surface area (Å²) in [5, 5.41) is -0.834. The van der Waals surface area contributed by atoms with Gasteiger partial charge in [0.2, 0.25) is 0 Å². The number of hydrogen-bond donors (Lipinski definition) is 0. The van der Waals surface area contributed by atoms with Crippen LogP contribution in [-0.4, -0.2) is 17.9 Å². The normalized spacial score (nSPS) is 12.2. The summed E-state index contributed by atoms with van der Waals surface area (Å²) < 4.78 is 6.72. The first-order valence-corrected chi connectivity index (χ1v) is 10.5. The molecule has 1 heterocycles. The highest BCUT2D eigenvalue weighted by atomic mass is 35.5. The zero-order valence-corrected chi connectivity index (χ0v) is 12.6. The molecule has 2 aromatic rings. The maximum Gasteiger partial charge on any atom is 0.420 e. The third-order valence-corrected chi connectivity index (χ3v) is 6.52. The highest BCUT2D eigenvalue weighted by Crippen LogP contribution is 2.52. The average molecular weight is 308 g/mol. The van der Waals surface area contributed by atoms with Crippen molar-refractivity contribution in [1.29, 1.82) is 0 Å². The molecule has 0 aliphatic rings. The molecule has 0 bridgehead atoms. The van der Waals surface area contributed by atoms with Crippen LogP contribution in [-0.2, 0) is 17.7 Å². The number of nitrogens with zero attached hydrogens (tertiary/aromatic N) is 1. The van der Waals surface area contributed by atoms with E-state index in [1.807, 2.05) is 13.3 Å². The SMILES string of the molecule is CP(C)(=S)SCn1c(=O)oc2cc(Cl)ccc21. The zero-order chi connectivity index (χ0) is 12.6. The maximum atomic E-state index is 11.7. The Bertz CT molecular complexity index is 658. The zero-order valence-electron chi connectivity index (χ0n) is 9.34. The van der Waals surface area contributed by atoms with Crippen LogP contribution in [0.15, 0.2) is 27.4 Å². The standard InChI is InChI=1S/C10H11ClNO2PS2/c1-15(2,16)17-6-12-8-4-3-7(11)5-9(8)14-10(12)13/h3-5H,6H2,1-2H3. The van der Waals surface area contributed by atoms with Crippen molar-refractivity contribution in [2.24, 2.45) is 0 Å². The van der Waals surface area contributed by atoms with Crippen molar-refractivity contribution >= 4 is 51.1 Å².